The van der Waals surface area contributed by atoms with Crippen molar-refractivity contribution < 1.29 is 33.4 Å². The molecule has 0 spiro atoms. The molecule has 0 fully saturated rings. The second-order valence-corrected chi connectivity index (χ2v) is 2.14. The Bertz CT molecular complexity index is 284. The van der Waals surface area contributed by atoms with Gasteiger partial charge < -0.3 is 9.47 Å². The fraction of sp³-hybridized carbons (Fsp3) is 0.286. The molecule has 76 valence electrons. The van der Waals surface area contributed by atoms with Crippen LogP contribution in [0.3, 0.4) is 0 Å². The molecule has 0 aliphatic rings. The van der Waals surface area contributed by atoms with Gasteiger partial charge in [0.05, 0.1) is 0 Å². The molecule has 0 unspecified atom stereocenters. The zero-order chi connectivity index (χ0) is 11.3. The van der Waals surface area contributed by atoms with Crippen LogP contribution in [0.5, 0.6) is 0 Å². The summed E-state index contributed by atoms with van der Waals surface area (Å²) in [6.45, 7) is 1.73. The van der Waals surface area contributed by atoms with Crippen LogP contribution in [0.4, 0.5) is 4.79 Å². The van der Waals surface area contributed by atoms with Crippen molar-refractivity contribution >= 4 is 29.7 Å². The van der Waals surface area contributed by atoms with E-state index in [4.69, 9.17) is 0 Å². The maximum atomic E-state index is 10.5. The SMILES string of the molecule is CC(=O)C(=O)OC(=O)OC(=O)C(C)=O. The fourth-order valence-corrected chi connectivity index (χ4v) is 0.316. The number of carbonyl (C=O) groups is 5. The number of carbonyl (C=O) groups excluding carboxylic acids is 5. The van der Waals surface area contributed by atoms with Crippen LogP contribution in [-0.2, 0) is 28.7 Å². The van der Waals surface area contributed by atoms with Crippen molar-refractivity contribution in [1.29, 1.82) is 0 Å². The summed E-state index contributed by atoms with van der Waals surface area (Å²) in [6.07, 6.45) is -1.70. The standard InChI is InChI=1S/C7H6O7/c1-3(8)5(10)13-7(12)14-6(11)4(2)9/h1-2H3. The summed E-state index contributed by atoms with van der Waals surface area (Å²) in [5, 5.41) is 0. The van der Waals surface area contributed by atoms with E-state index in [0.717, 1.165) is 13.8 Å². The zero-order valence-electron chi connectivity index (χ0n) is 7.36. The van der Waals surface area contributed by atoms with Crippen molar-refractivity contribution in [2.45, 2.75) is 13.8 Å². The minimum absolute atomic E-state index is 0.864. The van der Waals surface area contributed by atoms with E-state index in [0.29, 0.717) is 0 Å². The zero-order valence-corrected chi connectivity index (χ0v) is 7.36. The highest BCUT2D eigenvalue weighted by molar-refractivity contribution is 6.36. The Labute approximate surface area is 78.0 Å². The van der Waals surface area contributed by atoms with Crippen LogP contribution in [0, 0.1) is 0 Å². The van der Waals surface area contributed by atoms with Crippen LogP contribution in [0.1, 0.15) is 13.8 Å². The highest BCUT2D eigenvalue weighted by Gasteiger charge is 2.21. The third kappa shape index (κ3) is 4.10. The molecule has 0 bridgehead atoms. The molecular weight excluding hydrogens is 196 g/mol. The van der Waals surface area contributed by atoms with Crippen LogP contribution in [0.2, 0.25) is 0 Å². The monoisotopic (exact) mass is 202 g/mol. The van der Waals surface area contributed by atoms with E-state index in [2.05, 4.69) is 9.47 Å². The molecule has 0 amide bonds. The summed E-state index contributed by atoms with van der Waals surface area (Å²) in [7, 11) is 0. The third-order valence-electron chi connectivity index (χ3n) is 0.927. The second-order valence-electron chi connectivity index (χ2n) is 2.14. The summed E-state index contributed by atoms with van der Waals surface area (Å²) in [6, 6.07) is 0. The van der Waals surface area contributed by atoms with Gasteiger partial charge in [0.2, 0.25) is 11.6 Å². The molecular formula is C7H6O7. The molecule has 0 heterocycles. The number of hydrogen-bond acceptors (Lipinski definition) is 7. The molecule has 0 aliphatic carbocycles. The van der Waals surface area contributed by atoms with Crippen molar-refractivity contribution in [2.24, 2.45) is 0 Å². The summed E-state index contributed by atoms with van der Waals surface area (Å²) >= 11 is 0. The first-order chi connectivity index (χ1) is 6.34. The van der Waals surface area contributed by atoms with Gasteiger partial charge in [-0.25, -0.2) is 14.4 Å². The van der Waals surface area contributed by atoms with Gasteiger partial charge in [-0.1, -0.05) is 0 Å². The molecule has 0 N–H and O–H groups in total. The van der Waals surface area contributed by atoms with E-state index in [-0.39, 0.29) is 0 Å². The number of Topliss-reactive ketones (excluding diaryl/α,β-unsaturated/α-hetero) is 2. The lowest BCUT2D eigenvalue weighted by Crippen LogP contribution is -2.24. The summed E-state index contributed by atoms with van der Waals surface area (Å²) in [5.74, 6) is -4.99. The molecule has 0 atom stereocenters. The molecule has 0 aromatic carbocycles. The first-order valence-corrected chi connectivity index (χ1v) is 3.34. The Kier molecular flexibility index (Phi) is 4.14. The molecule has 0 aliphatic heterocycles. The van der Waals surface area contributed by atoms with Gasteiger partial charge in [-0.2, -0.15) is 0 Å². The molecule has 0 saturated carbocycles. The Morgan fingerprint density at radius 3 is 1.21 bits per heavy atom. The summed E-state index contributed by atoms with van der Waals surface area (Å²) in [4.78, 5) is 51.9. The average molecular weight is 202 g/mol. The number of ether oxygens (including phenoxy) is 2. The van der Waals surface area contributed by atoms with Crippen molar-refractivity contribution in [3.63, 3.8) is 0 Å². The number of ketones is 2. The van der Waals surface area contributed by atoms with E-state index in [1.165, 1.54) is 0 Å². The Hall–Kier alpha value is -2.05. The molecule has 0 aromatic heterocycles. The van der Waals surface area contributed by atoms with Gasteiger partial charge in [-0.15, -0.1) is 0 Å². The van der Waals surface area contributed by atoms with Crippen molar-refractivity contribution in [1.82, 2.24) is 0 Å². The summed E-state index contributed by atoms with van der Waals surface area (Å²) < 4.78 is 7.42. The van der Waals surface area contributed by atoms with Crippen LogP contribution in [0.15, 0.2) is 0 Å². The number of esters is 2. The Balaban J connectivity index is 4.12. The van der Waals surface area contributed by atoms with E-state index < -0.39 is 29.7 Å². The quantitative estimate of drug-likeness (QED) is 0.333. The predicted octanol–water partition coefficient (Wildman–Crippen LogP) is -0.629. The van der Waals surface area contributed by atoms with E-state index >= 15 is 0 Å². The minimum Gasteiger partial charge on any atom is -0.354 e. The second kappa shape index (κ2) is 4.85. The van der Waals surface area contributed by atoms with Gasteiger partial charge in [0.25, 0.3) is 0 Å². The van der Waals surface area contributed by atoms with Gasteiger partial charge in [0.1, 0.15) is 0 Å². The molecule has 0 rings (SSSR count). The van der Waals surface area contributed by atoms with Gasteiger partial charge >= 0.3 is 18.1 Å². The molecule has 14 heavy (non-hydrogen) atoms. The highest BCUT2D eigenvalue weighted by atomic mass is 16.8. The first kappa shape index (κ1) is 11.9. The molecule has 0 aromatic rings. The predicted molar refractivity (Wildman–Crippen MR) is 38.9 cm³/mol. The lowest BCUT2D eigenvalue weighted by molar-refractivity contribution is -0.155. The van der Waals surface area contributed by atoms with Crippen molar-refractivity contribution in [3.05, 3.63) is 0 Å². The van der Waals surface area contributed by atoms with Crippen LogP contribution >= 0.6 is 0 Å². The highest BCUT2D eigenvalue weighted by Crippen LogP contribution is 1.89. The summed E-state index contributed by atoms with van der Waals surface area (Å²) in [5.41, 5.74) is 0. The smallest absolute Gasteiger partial charge is 0.354 e. The topological polar surface area (TPSA) is 104 Å². The molecule has 0 saturated heterocycles. The van der Waals surface area contributed by atoms with Crippen molar-refractivity contribution in [2.75, 3.05) is 0 Å². The van der Waals surface area contributed by atoms with Crippen LogP contribution < -0.4 is 0 Å². The maximum absolute atomic E-state index is 10.5. The molecule has 0 radical (unpaired) electrons. The number of hydrogen-bond donors (Lipinski definition) is 0. The Morgan fingerprint density at radius 2 is 1.00 bits per heavy atom. The van der Waals surface area contributed by atoms with Gasteiger partial charge in [0, 0.05) is 13.8 Å². The first-order valence-electron chi connectivity index (χ1n) is 3.34. The van der Waals surface area contributed by atoms with Gasteiger partial charge in [-0.05, 0) is 0 Å². The number of rotatable bonds is 2. The van der Waals surface area contributed by atoms with Crippen molar-refractivity contribution in [3.8, 4) is 0 Å². The minimum atomic E-state index is -1.70. The molecule has 7 heteroatoms. The van der Waals surface area contributed by atoms with Gasteiger partial charge in [0.15, 0.2) is 0 Å². The van der Waals surface area contributed by atoms with Crippen LogP contribution in [0.25, 0.3) is 0 Å². The van der Waals surface area contributed by atoms with E-state index in [9.17, 15) is 24.0 Å². The normalized spacial score (nSPS) is 8.71. The average Bonchev–Trinajstić information content (AvgIpc) is 2.03. The lowest BCUT2D eigenvalue weighted by atomic mass is 10.5. The van der Waals surface area contributed by atoms with E-state index in [1.54, 1.807) is 0 Å². The van der Waals surface area contributed by atoms with E-state index in [1.807, 2.05) is 0 Å². The van der Waals surface area contributed by atoms with Gasteiger partial charge in [-0.3, -0.25) is 9.59 Å². The lowest BCUT2D eigenvalue weighted by Gasteiger charge is -1.98. The largest absolute Gasteiger partial charge is 0.524 e. The Morgan fingerprint density at radius 1 is 0.714 bits per heavy atom. The maximum Gasteiger partial charge on any atom is 0.524 e. The molecule has 7 nitrogen and oxygen atoms in total. The third-order valence-corrected chi connectivity index (χ3v) is 0.927. The van der Waals surface area contributed by atoms with Crippen LogP contribution in [-0.4, -0.2) is 29.7 Å². The fourth-order valence-electron chi connectivity index (χ4n) is 0.316.